The number of benzene rings is 2. The summed E-state index contributed by atoms with van der Waals surface area (Å²) < 4.78 is 0. The first-order valence-electron chi connectivity index (χ1n) is 10.1. The van der Waals surface area contributed by atoms with E-state index >= 15 is 0 Å². The Morgan fingerprint density at radius 3 is 2.06 bits per heavy atom. The van der Waals surface area contributed by atoms with Gasteiger partial charge in [-0.2, -0.15) is 0 Å². The number of carbonyl (C=O) groups is 1. The van der Waals surface area contributed by atoms with Crippen molar-refractivity contribution in [3.63, 3.8) is 0 Å². The summed E-state index contributed by atoms with van der Waals surface area (Å²) in [6.45, 7) is 1.03. The molecule has 0 aliphatic rings. The molecule has 0 unspecified atom stereocenters. The molecule has 0 saturated heterocycles. The summed E-state index contributed by atoms with van der Waals surface area (Å²) in [4.78, 5) is 36.1. The average molecular weight is 487 g/mol. The average Bonchev–Trinajstić information content (AvgIpc) is 2.81. The summed E-state index contributed by atoms with van der Waals surface area (Å²) in [6.07, 6.45) is 2.90. The standard InChI is InChI=1S/C16H19ClN2.C7H4N2O6/c1-19(2)12-10-15(16-5-3-4-11-18-16)13-6-8-14(17)9-7-13;10-7(11)4-1-5(8(12)13)3-6(2-4)9(14)15/h3-9,11,15H,10,12H2,1-2H3;1-3H,(H,10,11)/t15-;/m0./s1. The highest BCUT2D eigenvalue weighted by molar-refractivity contribution is 6.30. The van der Waals surface area contributed by atoms with Crippen LogP contribution in [0.5, 0.6) is 0 Å². The number of non-ortho nitro benzene ring substituents is 2. The van der Waals surface area contributed by atoms with Crippen LogP contribution in [0.3, 0.4) is 0 Å². The smallest absolute Gasteiger partial charge is 0.336 e. The number of aromatic nitrogens is 1. The molecule has 0 saturated carbocycles. The van der Waals surface area contributed by atoms with E-state index in [4.69, 9.17) is 16.7 Å². The Bertz CT molecular complexity index is 1060. The first kappa shape index (κ1) is 26.4. The largest absolute Gasteiger partial charge is 0.478 e. The molecule has 3 rings (SSSR count). The van der Waals surface area contributed by atoms with Crippen LogP contribution in [0.4, 0.5) is 11.4 Å². The van der Waals surface area contributed by atoms with Crippen molar-refractivity contribution in [3.05, 3.63) is 109 Å². The third-order valence-electron chi connectivity index (χ3n) is 4.75. The maximum Gasteiger partial charge on any atom is 0.336 e. The highest BCUT2D eigenvalue weighted by atomic mass is 35.5. The highest BCUT2D eigenvalue weighted by Crippen LogP contribution is 2.27. The van der Waals surface area contributed by atoms with Crippen LogP contribution in [0.2, 0.25) is 5.02 Å². The van der Waals surface area contributed by atoms with Crippen LogP contribution in [-0.4, -0.2) is 51.4 Å². The minimum absolute atomic E-state index is 0.320. The van der Waals surface area contributed by atoms with Gasteiger partial charge >= 0.3 is 5.97 Å². The molecule has 1 N–H and O–H groups in total. The van der Waals surface area contributed by atoms with Crippen LogP contribution in [0.25, 0.3) is 0 Å². The van der Waals surface area contributed by atoms with Gasteiger partial charge in [-0.25, -0.2) is 4.79 Å². The molecule has 11 heteroatoms. The third-order valence-corrected chi connectivity index (χ3v) is 5.01. The maximum absolute atomic E-state index is 10.5. The Balaban J connectivity index is 0.000000248. The molecule has 0 fully saturated rings. The van der Waals surface area contributed by atoms with Gasteiger partial charge in [0.15, 0.2) is 0 Å². The second-order valence-corrected chi connectivity index (χ2v) is 7.94. The number of rotatable bonds is 8. The fourth-order valence-corrected chi connectivity index (χ4v) is 3.21. The molecule has 10 nitrogen and oxygen atoms in total. The topological polar surface area (TPSA) is 140 Å². The van der Waals surface area contributed by atoms with Crippen molar-refractivity contribution in [1.29, 1.82) is 0 Å². The molecule has 0 spiro atoms. The number of hydrogen-bond acceptors (Lipinski definition) is 7. The molecule has 3 aromatic rings. The highest BCUT2D eigenvalue weighted by Gasteiger charge is 2.19. The Labute approximate surface area is 200 Å². The van der Waals surface area contributed by atoms with E-state index in [1.54, 1.807) is 0 Å². The van der Waals surface area contributed by atoms with Crippen molar-refractivity contribution in [2.45, 2.75) is 12.3 Å². The van der Waals surface area contributed by atoms with Crippen molar-refractivity contribution in [2.75, 3.05) is 20.6 Å². The van der Waals surface area contributed by atoms with Crippen molar-refractivity contribution < 1.29 is 19.7 Å². The van der Waals surface area contributed by atoms with Crippen LogP contribution in [-0.2, 0) is 0 Å². The van der Waals surface area contributed by atoms with Crippen LogP contribution < -0.4 is 0 Å². The normalized spacial score (nSPS) is 11.3. The summed E-state index contributed by atoms with van der Waals surface area (Å²) in [5.74, 6) is -1.14. The zero-order valence-corrected chi connectivity index (χ0v) is 19.3. The minimum atomic E-state index is -1.46. The first-order chi connectivity index (χ1) is 16.1. The van der Waals surface area contributed by atoms with E-state index in [0.717, 1.165) is 35.8 Å². The number of aromatic carboxylic acids is 1. The second-order valence-electron chi connectivity index (χ2n) is 7.51. The van der Waals surface area contributed by atoms with Crippen molar-refractivity contribution in [1.82, 2.24) is 9.88 Å². The van der Waals surface area contributed by atoms with Crippen LogP contribution in [0.15, 0.2) is 66.9 Å². The van der Waals surface area contributed by atoms with Gasteiger partial charge in [0, 0.05) is 35.0 Å². The fraction of sp³-hybridized carbons (Fsp3) is 0.217. The van der Waals surface area contributed by atoms with E-state index < -0.39 is 32.8 Å². The lowest BCUT2D eigenvalue weighted by Crippen LogP contribution is -2.17. The number of carboxylic acid groups (broad SMARTS) is 1. The summed E-state index contributed by atoms with van der Waals surface area (Å²) >= 11 is 5.97. The molecule has 1 atom stereocenters. The molecule has 0 amide bonds. The quantitative estimate of drug-likeness (QED) is 0.345. The number of pyridine rings is 1. The van der Waals surface area contributed by atoms with Crippen LogP contribution in [0.1, 0.15) is 34.0 Å². The first-order valence-corrected chi connectivity index (χ1v) is 10.4. The molecule has 1 aromatic heterocycles. The Morgan fingerprint density at radius 2 is 1.62 bits per heavy atom. The number of nitro groups is 2. The van der Waals surface area contributed by atoms with Crippen LogP contribution in [0, 0.1) is 20.2 Å². The minimum Gasteiger partial charge on any atom is -0.478 e. The number of hydrogen-bond donors (Lipinski definition) is 1. The SMILES string of the molecule is CN(C)CC[C@@H](c1ccc(Cl)cc1)c1ccccn1.O=C(O)c1cc([N+](=O)[O-])cc([N+](=O)[O-])c1. The van der Waals surface area contributed by atoms with E-state index in [1.165, 1.54) is 5.56 Å². The second kappa shape index (κ2) is 12.4. The van der Waals surface area contributed by atoms with E-state index in [0.29, 0.717) is 12.0 Å². The lowest BCUT2D eigenvalue weighted by Gasteiger charge is -2.19. The number of halogens is 1. The number of nitrogens with zero attached hydrogens (tertiary/aromatic N) is 4. The van der Waals surface area contributed by atoms with E-state index in [-0.39, 0.29) is 0 Å². The summed E-state index contributed by atoms with van der Waals surface area (Å²) in [6, 6.07) is 16.4. The van der Waals surface area contributed by atoms with E-state index in [2.05, 4.69) is 42.2 Å². The molecule has 0 aliphatic carbocycles. The molecule has 0 radical (unpaired) electrons. The summed E-state index contributed by atoms with van der Waals surface area (Å²) in [5, 5.41) is 30.0. The molecular formula is C23H23ClN4O6. The molecule has 178 valence electrons. The molecule has 0 aliphatic heterocycles. The monoisotopic (exact) mass is 486 g/mol. The predicted molar refractivity (Wildman–Crippen MR) is 127 cm³/mol. The van der Waals surface area contributed by atoms with Crippen molar-refractivity contribution >= 4 is 28.9 Å². The van der Waals surface area contributed by atoms with Gasteiger partial charge in [-0.05, 0) is 56.9 Å². The zero-order chi connectivity index (χ0) is 25.3. The lowest BCUT2D eigenvalue weighted by molar-refractivity contribution is -0.394. The van der Waals surface area contributed by atoms with E-state index in [9.17, 15) is 25.0 Å². The van der Waals surface area contributed by atoms with Gasteiger partial charge in [0.2, 0.25) is 0 Å². The van der Waals surface area contributed by atoms with Gasteiger partial charge in [0.1, 0.15) is 0 Å². The summed E-state index contributed by atoms with van der Waals surface area (Å²) in [5.41, 5.74) is 0.649. The number of nitro benzene ring substituents is 2. The van der Waals surface area contributed by atoms with Crippen molar-refractivity contribution in [3.8, 4) is 0 Å². The fourth-order valence-electron chi connectivity index (χ4n) is 3.08. The van der Waals surface area contributed by atoms with Gasteiger partial charge in [0.25, 0.3) is 11.4 Å². The molecular weight excluding hydrogens is 464 g/mol. The van der Waals surface area contributed by atoms with Gasteiger partial charge in [-0.1, -0.05) is 29.8 Å². The third kappa shape index (κ3) is 7.91. The van der Waals surface area contributed by atoms with Crippen LogP contribution >= 0.6 is 11.6 Å². The molecule has 0 bridgehead atoms. The lowest BCUT2D eigenvalue weighted by atomic mass is 9.92. The Hall–Kier alpha value is -3.89. The Kier molecular flexibility index (Phi) is 9.60. The molecule has 2 aromatic carbocycles. The van der Waals surface area contributed by atoms with Gasteiger partial charge < -0.3 is 10.0 Å². The van der Waals surface area contributed by atoms with Gasteiger partial charge in [0.05, 0.1) is 21.5 Å². The number of carboxylic acids is 1. The van der Waals surface area contributed by atoms with Gasteiger partial charge in [-0.3, -0.25) is 25.2 Å². The predicted octanol–water partition coefficient (Wildman–Crippen LogP) is 5.02. The molecule has 1 heterocycles. The molecule has 34 heavy (non-hydrogen) atoms. The maximum atomic E-state index is 10.5. The van der Waals surface area contributed by atoms with Gasteiger partial charge in [-0.15, -0.1) is 0 Å². The van der Waals surface area contributed by atoms with Crippen molar-refractivity contribution in [2.24, 2.45) is 0 Å². The van der Waals surface area contributed by atoms with E-state index in [1.807, 2.05) is 30.5 Å². The zero-order valence-electron chi connectivity index (χ0n) is 18.5. The Morgan fingerprint density at radius 1 is 1.03 bits per heavy atom. The summed E-state index contributed by atoms with van der Waals surface area (Å²) in [7, 11) is 4.19.